The number of carbonyl (C=O) groups excluding carboxylic acids is 2. The zero-order chi connectivity index (χ0) is 59.3. The van der Waals surface area contributed by atoms with E-state index in [1.165, 1.54) is 148 Å². The predicted octanol–water partition coefficient (Wildman–Crippen LogP) is 21.3. The molecular formula is C71H130N2O7P+. The van der Waals surface area contributed by atoms with Crippen LogP contribution in [0.3, 0.4) is 0 Å². The number of hydrogen-bond acceptors (Lipinski definition) is 6. The second-order valence-electron chi connectivity index (χ2n) is 24.0. The molecule has 10 heteroatoms. The molecule has 0 fully saturated rings. The third kappa shape index (κ3) is 61.6. The maximum absolute atomic E-state index is 13.6. The van der Waals surface area contributed by atoms with Gasteiger partial charge in [0.15, 0.2) is 0 Å². The Kier molecular flexibility index (Phi) is 58.2. The van der Waals surface area contributed by atoms with Crippen LogP contribution in [0.1, 0.15) is 303 Å². The van der Waals surface area contributed by atoms with Crippen LogP contribution in [0, 0.1) is 0 Å². The van der Waals surface area contributed by atoms with Crippen LogP contribution < -0.4 is 5.32 Å². The maximum atomic E-state index is 13.6. The minimum absolute atomic E-state index is 0.0350. The van der Waals surface area contributed by atoms with Gasteiger partial charge in [-0.15, -0.1) is 0 Å². The normalized spacial score (nSPS) is 14.1. The fourth-order valence-electron chi connectivity index (χ4n) is 9.65. The molecule has 1 amide bonds. The Labute approximate surface area is 501 Å². The van der Waals surface area contributed by atoms with Crippen molar-refractivity contribution in [2.45, 2.75) is 315 Å². The van der Waals surface area contributed by atoms with Crippen molar-refractivity contribution in [3.8, 4) is 0 Å². The van der Waals surface area contributed by atoms with E-state index in [0.717, 1.165) is 122 Å². The summed E-state index contributed by atoms with van der Waals surface area (Å²) in [5.41, 5.74) is 0. The quantitative estimate of drug-likeness (QED) is 0.0205. The van der Waals surface area contributed by atoms with Crippen molar-refractivity contribution in [1.29, 1.82) is 0 Å². The summed E-state index contributed by atoms with van der Waals surface area (Å²) in [6.45, 7) is 6.91. The van der Waals surface area contributed by atoms with Crippen molar-refractivity contribution in [3.05, 3.63) is 85.1 Å². The van der Waals surface area contributed by atoms with Crippen LogP contribution >= 0.6 is 7.82 Å². The molecule has 3 atom stereocenters. The number of hydrogen-bond donors (Lipinski definition) is 2. The number of amides is 1. The van der Waals surface area contributed by atoms with Crippen molar-refractivity contribution in [3.63, 3.8) is 0 Å². The molecule has 0 rings (SSSR count). The van der Waals surface area contributed by atoms with Gasteiger partial charge in [-0.2, -0.15) is 0 Å². The summed E-state index contributed by atoms with van der Waals surface area (Å²) in [6.07, 6.45) is 80.2. The summed E-state index contributed by atoms with van der Waals surface area (Å²) in [7, 11) is 1.48. The molecule has 2 N–H and O–H groups in total. The van der Waals surface area contributed by atoms with E-state index >= 15 is 0 Å². The molecule has 0 aromatic heterocycles. The first kappa shape index (κ1) is 78.2. The van der Waals surface area contributed by atoms with Gasteiger partial charge in [0.1, 0.15) is 19.3 Å². The number of quaternary nitrogens is 1. The number of rotatable bonds is 61. The van der Waals surface area contributed by atoms with Crippen LogP contribution in [0.5, 0.6) is 0 Å². The van der Waals surface area contributed by atoms with E-state index in [-0.39, 0.29) is 31.5 Å². The molecule has 0 saturated carbocycles. The van der Waals surface area contributed by atoms with E-state index in [1.807, 2.05) is 33.3 Å². The Morgan fingerprint density at radius 1 is 0.444 bits per heavy atom. The van der Waals surface area contributed by atoms with E-state index in [9.17, 15) is 19.0 Å². The summed E-state index contributed by atoms with van der Waals surface area (Å²) in [5.74, 6) is -0.515. The van der Waals surface area contributed by atoms with Crippen LogP contribution in [0.15, 0.2) is 85.1 Å². The SMILES string of the molecule is CC/C=C\C/C=C\C/C=C\C/C=C\C/C=C\C/C=C\CCCCCCCCC(=O)NC(COP(=O)(O)OCC[N+](C)(C)C)C(/C=C\CCCCCCCCCCC)OC(=O)CCCCCCCCCCCCCCCCCCCCC. The molecule has 0 saturated heterocycles. The lowest BCUT2D eigenvalue weighted by atomic mass is 10.0. The Morgan fingerprint density at radius 2 is 0.790 bits per heavy atom. The lowest BCUT2D eigenvalue weighted by Crippen LogP contribution is -2.47. The van der Waals surface area contributed by atoms with Crippen LogP contribution in [0.4, 0.5) is 0 Å². The van der Waals surface area contributed by atoms with Gasteiger partial charge in [0, 0.05) is 12.8 Å². The molecule has 470 valence electrons. The van der Waals surface area contributed by atoms with Gasteiger partial charge in [-0.3, -0.25) is 18.6 Å². The molecule has 0 bridgehead atoms. The summed E-state index contributed by atoms with van der Waals surface area (Å²) in [4.78, 5) is 37.8. The minimum Gasteiger partial charge on any atom is -0.456 e. The molecule has 9 nitrogen and oxygen atoms in total. The average Bonchev–Trinajstić information content (AvgIpc) is 3.44. The number of unbranched alkanes of at least 4 members (excludes halogenated alkanes) is 33. The molecular weight excluding hydrogens is 1020 g/mol. The molecule has 0 spiro atoms. The van der Waals surface area contributed by atoms with E-state index in [4.69, 9.17) is 13.8 Å². The Bertz CT molecular complexity index is 1660. The van der Waals surface area contributed by atoms with Crippen LogP contribution in [0.25, 0.3) is 0 Å². The smallest absolute Gasteiger partial charge is 0.456 e. The van der Waals surface area contributed by atoms with E-state index in [0.29, 0.717) is 17.4 Å². The van der Waals surface area contributed by atoms with Gasteiger partial charge in [0.2, 0.25) is 5.91 Å². The van der Waals surface area contributed by atoms with Gasteiger partial charge in [-0.25, -0.2) is 4.57 Å². The van der Waals surface area contributed by atoms with E-state index < -0.39 is 20.0 Å². The van der Waals surface area contributed by atoms with Crippen molar-refractivity contribution in [1.82, 2.24) is 5.32 Å². The Balaban J connectivity index is 5.12. The second-order valence-corrected chi connectivity index (χ2v) is 25.4. The molecule has 0 aliphatic rings. The zero-order valence-electron chi connectivity index (χ0n) is 53.8. The summed E-state index contributed by atoms with van der Waals surface area (Å²) in [5, 5.41) is 3.06. The lowest BCUT2D eigenvalue weighted by molar-refractivity contribution is -0.870. The van der Waals surface area contributed by atoms with Gasteiger partial charge >= 0.3 is 13.8 Å². The monoisotopic (exact) mass is 1150 g/mol. The third-order valence-electron chi connectivity index (χ3n) is 14.8. The van der Waals surface area contributed by atoms with E-state index in [2.05, 4.69) is 99.0 Å². The summed E-state index contributed by atoms with van der Waals surface area (Å²) >= 11 is 0. The number of phosphoric acid groups is 1. The number of ether oxygens (including phenoxy) is 1. The molecule has 0 aromatic carbocycles. The third-order valence-corrected chi connectivity index (χ3v) is 15.8. The number of carbonyl (C=O) groups is 2. The maximum Gasteiger partial charge on any atom is 0.472 e. The number of phosphoric ester groups is 1. The first-order valence-electron chi connectivity index (χ1n) is 33.9. The molecule has 3 unspecified atom stereocenters. The highest BCUT2D eigenvalue weighted by molar-refractivity contribution is 7.47. The number of nitrogens with one attached hydrogen (secondary N) is 1. The molecule has 81 heavy (non-hydrogen) atoms. The molecule has 0 heterocycles. The number of nitrogens with zero attached hydrogens (tertiary/aromatic N) is 1. The highest BCUT2D eigenvalue weighted by Crippen LogP contribution is 2.43. The highest BCUT2D eigenvalue weighted by Gasteiger charge is 2.30. The predicted molar refractivity (Wildman–Crippen MR) is 351 cm³/mol. The van der Waals surface area contributed by atoms with Gasteiger partial charge in [-0.05, 0) is 83.1 Å². The fraction of sp³-hybridized carbons (Fsp3) is 0.775. The molecule has 0 aromatic rings. The first-order chi connectivity index (χ1) is 39.4. The summed E-state index contributed by atoms with van der Waals surface area (Å²) in [6, 6.07) is -0.859. The lowest BCUT2D eigenvalue weighted by Gasteiger charge is -2.27. The number of esters is 1. The number of likely N-dealkylation sites (N-methyl/N-ethyl adjacent to an activating group) is 1. The number of allylic oxidation sites excluding steroid dienone is 13. The van der Waals surface area contributed by atoms with Crippen molar-refractivity contribution in [2.24, 2.45) is 0 Å². The van der Waals surface area contributed by atoms with Gasteiger partial charge in [0.05, 0.1) is 33.8 Å². The minimum atomic E-state index is -4.46. The van der Waals surface area contributed by atoms with Crippen molar-refractivity contribution >= 4 is 19.7 Å². The standard InChI is InChI=1S/C71H129N2O7P/c1-7-10-13-16-19-22-25-27-29-31-33-34-35-36-37-38-40-41-43-45-48-51-54-57-60-63-70(74)72-68(67-79-81(76,77)78-66-65-73(4,5)6)69(62-59-56-53-50-47-24-21-18-15-12-9-3)80-71(75)64-61-58-55-52-49-46-44-42-39-32-30-28-26-23-20-17-14-11-8-2/h10,13,19,22,27,29,33-34,36-37,40-41,59,62,68-69H,7-9,11-12,14-18,20-21,23-26,28,30-32,35,38-39,42-58,60-61,63-67H2,1-6H3,(H-,72,74,76,77)/p+1/b13-10-,22-19-,29-27-,34-33-,37-36-,41-40-,62-59-. The van der Waals surface area contributed by atoms with Crippen molar-refractivity contribution in [2.75, 3.05) is 40.9 Å². The van der Waals surface area contributed by atoms with Gasteiger partial charge in [0.25, 0.3) is 0 Å². The summed E-state index contributed by atoms with van der Waals surface area (Å²) < 4.78 is 30.8. The van der Waals surface area contributed by atoms with Gasteiger partial charge < -0.3 is 19.4 Å². The molecule has 0 aliphatic heterocycles. The Hall–Kier alpha value is -2.81. The van der Waals surface area contributed by atoms with Crippen LogP contribution in [-0.4, -0.2) is 74.3 Å². The van der Waals surface area contributed by atoms with E-state index in [1.54, 1.807) is 0 Å². The van der Waals surface area contributed by atoms with Crippen molar-refractivity contribution < 1.29 is 37.3 Å². The average molecular weight is 1150 g/mol. The first-order valence-corrected chi connectivity index (χ1v) is 35.4. The zero-order valence-corrected chi connectivity index (χ0v) is 54.7. The second kappa shape index (κ2) is 60.3. The molecule has 0 aliphatic carbocycles. The molecule has 0 radical (unpaired) electrons. The highest BCUT2D eigenvalue weighted by atomic mass is 31.2. The Morgan fingerprint density at radius 3 is 1.19 bits per heavy atom. The topological polar surface area (TPSA) is 111 Å². The van der Waals surface area contributed by atoms with Crippen LogP contribution in [-0.2, 0) is 27.9 Å². The fourth-order valence-corrected chi connectivity index (χ4v) is 10.4. The largest absolute Gasteiger partial charge is 0.472 e. The van der Waals surface area contributed by atoms with Gasteiger partial charge in [-0.1, -0.05) is 292 Å². The van der Waals surface area contributed by atoms with Crippen LogP contribution in [0.2, 0.25) is 0 Å².